The molecule has 0 saturated heterocycles. The topological polar surface area (TPSA) is 135 Å². The lowest BCUT2D eigenvalue weighted by molar-refractivity contribution is 0.596. The van der Waals surface area contributed by atoms with Crippen LogP contribution in [0.4, 0.5) is 5.69 Å². The number of hydrogen-bond acceptors (Lipinski definition) is 5. The second-order valence-electron chi connectivity index (χ2n) is 3.73. The van der Waals surface area contributed by atoms with Crippen molar-refractivity contribution < 1.29 is 16.8 Å². The number of anilines is 1. The zero-order chi connectivity index (χ0) is 15.0. The Morgan fingerprint density at radius 1 is 1.20 bits per heavy atom. The van der Waals surface area contributed by atoms with Crippen LogP contribution in [0.15, 0.2) is 40.4 Å². The van der Waals surface area contributed by atoms with E-state index in [1.54, 1.807) is 0 Å². The molecule has 2 aromatic rings. The fourth-order valence-corrected chi connectivity index (χ4v) is 3.09. The predicted molar refractivity (Wildman–Crippen MR) is 72.2 cm³/mol. The van der Waals surface area contributed by atoms with Gasteiger partial charge in [0.05, 0.1) is 21.8 Å². The number of H-pyrrole nitrogens is 1. The Balaban J connectivity index is 2.44. The third-order valence-electron chi connectivity index (χ3n) is 2.29. The number of aromatic amines is 1. The van der Waals surface area contributed by atoms with Gasteiger partial charge in [-0.3, -0.25) is 9.82 Å². The molecule has 0 unspecified atom stereocenters. The molecule has 0 saturated carbocycles. The average molecular weight is 337 g/mol. The fourth-order valence-electron chi connectivity index (χ4n) is 1.35. The highest BCUT2D eigenvalue weighted by molar-refractivity contribution is 7.92. The third kappa shape index (κ3) is 3.10. The molecule has 0 bridgehead atoms. The van der Waals surface area contributed by atoms with E-state index in [-0.39, 0.29) is 20.5 Å². The van der Waals surface area contributed by atoms with Crippen LogP contribution in [0.3, 0.4) is 0 Å². The molecule has 0 fully saturated rings. The van der Waals surface area contributed by atoms with Crippen molar-refractivity contribution in [2.45, 2.75) is 9.79 Å². The number of nitrogens with one attached hydrogen (secondary N) is 2. The summed E-state index contributed by atoms with van der Waals surface area (Å²) in [6.45, 7) is 0. The highest BCUT2D eigenvalue weighted by atomic mass is 35.5. The van der Waals surface area contributed by atoms with Crippen LogP contribution >= 0.6 is 11.6 Å². The molecule has 0 amide bonds. The van der Waals surface area contributed by atoms with E-state index in [1.807, 2.05) is 0 Å². The standard InChI is InChI=1S/C9H9ClN4O4S2/c10-8-2-1-6(19(11,15)16)3-9(8)14-20(17,18)7-4-12-13-5-7/h1-5,14H,(H,12,13)(H2,11,15,16). The molecule has 0 spiro atoms. The Kier molecular flexibility index (Phi) is 3.73. The van der Waals surface area contributed by atoms with Crippen molar-refractivity contribution in [3.05, 3.63) is 35.6 Å². The summed E-state index contributed by atoms with van der Waals surface area (Å²) >= 11 is 5.83. The van der Waals surface area contributed by atoms with E-state index in [0.717, 1.165) is 12.3 Å². The molecule has 0 aliphatic heterocycles. The number of halogens is 1. The molecule has 1 aromatic heterocycles. The number of benzene rings is 1. The summed E-state index contributed by atoms with van der Waals surface area (Å²) in [5.41, 5.74) is -0.0978. The lowest BCUT2D eigenvalue weighted by Gasteiger charge is -2.09. The van der Waals surface area contributed by atoms with Gasteiger partial charge in [0.1, 0.15) is 4.90 Å². The molecule has 1 aromatic carbocycles. The largest absolute Gasteiger partial charge is 0.284 e. The first-order chi connectivity index (χ1) is 9.20. The number of nitrogens with zero attached hydrogens (tertiary/aromatic N) is 1. The second-order valence-corrected chi connectivity index (χ2v) is 7.38. The quantitative estimate of drug-likeness (QED) is 0.747. The number of aromatic nitrogens is 2. The van der Waals surface area contributed by atoms with Crippen LogP contribution in [0.2, 0.25) is 5.02 Å². The van der Waals surface area contributed by atoms with Gasteiger partial charge in [-0.1, -0.05) is 11.6 Å². The van der Waals surface area contributed by atoms with E-state index >= 15 is 0 Å². The third-order valence-corrected chi connectivity index (χ3v) is 4.87. The number of hydrogen-bond donors (Lipinski definition) is 3. The molecule has 0 aliphatic rings. The Labute approximate surface area is 120 Å². The summed E-state index contributed by atoms with van der Waals surface area (Å²) in [5.74, 6) is 0. The highest BCUT2D eigenvalue weighted by Gasteiger charge is 2.18. The molecule has 8 nitrogen and oxygen atoms in total. The zero-order valence-electron chi connectivity index (χ0n) is 9.74. The first-order valence-electron chi connectivity index (χ1n) is 5.04. The van der Waals surface area contributed by atoms with E-state index < -0.39 is 20.0 Å². The number of primary sulfonamides is 1. The van der Waals surface area contributed by atoms with Crippen LogP contribution in [0.1, 0.15) is 0 Å². The van der Waals surface area contributed by atoms with E-state index in [0.29, 0.717) is 0 Å². The molecule has 0 radical (unpaired) electrons. The molecule has 2 rings (SSSR count). The van der Waals surface area contributed by atoms with Crippen molar-refractivity contribution in [1.82, 2.24) is 10.2 Å². The van der Waals surface area contributed by atoms with Crippen molar-refractivity contribution in [2.24, 2.45) is 5.14 Å². The SMILES string of the molecule is NS(=O)(=O)c1ccc(Cl)c(NS(=O)(=O)c2cn[nH]c2)c1. The van der Waals surface area contributed by atoms with Gasteiger partial charge in [-0.25, -0.2) is 22.0 Å². The van der Waals surface area contributed by atoms with Gasteiger partial charge in [-0.15, -0.1) is 0 Å². The smallest absolute Gasteiger partial charge is 0.265 e. The highest BCUT2D eigenvalue weighted by Crippen LogP contribution is 2.26. The average Bonchev–Trinajstić information content (AvgIpc) is 2.84. The lowest BCUT2D eigenvalue weighted by Crippen LogP contribution is -2.15. The van der Waals surface area contributed by atoms with Gasteiger partial charge in [0.15, 0.2) is 0 Å². The molecular weight excluding hydrogens is 328 g/mol. The summed E-state index contributed by atoms with van der Waals surface area (Å²) in [4.78, 5) is -0.374. The molecule has 108 valence electrons. The van der Waals surface area contributed by atoms with Crippen molar-refractivity contribution in [2.75, 3.05) is 4.72 Å². The monoisotopic (exact) mass is 336 g/mol. The minimum atomic E-state index is -3.96. The van der Waals surface area contributed by atoms with Gasteiger partial charge in [0.25, 0.3) is 10.0 Å². The lowest BCUT2D eigenvalue weighted by atomic mass is 10.3. The summed E-state index contributed by atoms with van der Waals surface area (Å²) < 4.78 is 48.6. The van der Waals surface area contributed by atoms with E-state index in [2.05, 4.69) is 14.9 Å². The van der Waals surface area contributed by atoms with Gasteiger partial charge in [-0.05, 0) is 18.2 Å². The molecular formula is C9H9ClN4O4S2. The van der Waals surface area contributed by atoms with Crippen molar-refractivity contribution in [3.63, 3.8) is 0 Å². The van der Waals surface area contributed by atoms with Crippen molar-refractivity contribution in [1.29, 1.82) is 0 Å². The first-order valence-corrected chi connectivity index (χ1v) is 8.45. The Hall–Kier alpha value is -1.62. The first kappa shape index (κ1) is 14.8. The van der Waals surface area contributed by atoms with E-state index in [4.69, 9.17) is 16.7 Å². The molecule has 0 atom stereocenters. The fraction of sp³-hybridized carbons (Fsp3) is 0. The number of sulfonamides is 2. The van der Waals surface area contributed by atoms with Crippen LogP contribution < -0.4 is 9.86 Å². The van der Waals surface area contributed by atoms with E-state index in [9.17, 15) is 16.8 Å². The number of rotatable bonds is 4. The van der Waals surface area contributed by atoms with Gasteiger partial charge in [0, 0.05) is 6.20 Å². The molecule has 4 N–H and O–H groups in total. The summed E-state index contributed by atoms with van der Waals surface area (Å²) in [7, 11) is -7.88. The molecule has 11 heteroatoms. The van der Waals surface area contributed by atoms with Gasteiger partial charge in [0.2, 0.25) is 10.0 Å². The summed E-state index contributed by atoms with van der Waals surface area (Å²) in [5, 5.41) is 10.9. The zero-order valence-corrected chi connectivity index (χ0v) is 12.1. The molecule has 1 heterocycles. The minimum absolute atomic E-state index is 0.0319. The minimum Gasteiger partial charge on any atom is -0.284 e. The molecule has 0 aliphatic carbocycles. The summed E-state index contributed by atoms with van der Waals surface area (Å²) in [6.07, 6.45) is 2.26. The van der Waals surface area contributed by atoms with Crippen LogP contribution in [0, 0.1) is 0 Å². The normalized spacial score (nSPS) is 12.3. The van der Waals surface area contributed by atoms with Crippen molar-refractivity contribution >= 4 is 37.3 Å². The van der Waals surface area contributed by atoms with Crippen LogP contribution in [0.5, 0.6) is 0 Å². The van der Waals surface area contributed by atoms with Crippen LogP contribution in [0.25, 0.3) is 0 Å². The van der Waals surface area contributed by atoms with Gasteiger partial charge in [-0.2, -0.15) is 5.10 Å². The van der Waals surface area contributed by atoms with E-state index in [1.165, 1.54) is 18.3 Å². The van der Waals surface area contributed by atoms with Gasteiger partial charge >= 0.3 is 0 Å². The maximum Gasteiger partial charge on any atom is 0.265 e. The van der Waals surface area contributed by atoms with Gasteiger partial charge < -0.3 is 0 Å². The van der Waals surface area contributed by atoms with Crippen LogP contribution in [-0.2, 0) is 20.0 Å². The van der Waals surface area contributed by atoms with Crippen LogP contribution in [-0.4, -0.2) is 27.0 Å². The predicted octanol–water partition coefficient (Wildman–Crippen LogP) is 0.511. The molecule has 20 heavy (non-hydrogen) atoms. The summed E-state index contributed by atoms with van der Waals surface area (Å²) in [6, 6.07) is 3.44. The Morgan fingerprint density at radius 3 is 2.45 bits per heavy atom. The Bertz CT molecular complexity index is 831. The number of nitrogens with two attached hydrogens (primary N) is 1. The maximum atomic E-state index is 12.0. The Morgan fingerprint density at radius 2 is 1.90 bits per heavy atom. The second kappa shape index (κ2) is 5.05. The maximum absolute atomic E-state index is 12.0. The van der Waals surface area contributed by atoms with Crippen molar-refractivity contribution in [3.8, 4) is 0 Å².